The number of fused-ring (bicyclic) bond motifs is 1. The highest BCUT2D eigenvalue weighted by atomic mass is 16.2. The number of aromatic nitrogens is 2. The number of hydrogen-bond donors (Lipinski definition) is 1. The molecule has 3 aromatic carbocycles. The summed E-state index contributed by atoms with van der Waals surface area (Å²) in [6.07, 6.45) is 5.37. The van der Waals surface area contributed by atoms with Gasteiger partial charge in [0.25, 0.3) is 11.5 Å². The molecule has 0 bridgehead atoms. The summed E-state index contributed by atoms with van der Waals surface area (Å²) in [5, 5.41) is 7.92. The van der Waals surface area contributed by atoms with Crippen molar-refractivity contribution < 1.29 is 4.79 Å². The summed E-state index contributed by atoms with van der Waals surface area (Å²) in [6.45, 7) is 4.31. The van der Waals surface area contributed by atoms with Crippen LogP contribution in [0.2, 0.25) is 0 Å². The third-order valence-corrected chi connectivity index (χ3v) is 7.28. The van der Waals surface area contributed by atoms with Crippen molar-refractivity contribution in [3.63, 3.8) is 0 Å². The van der Waals surface area contributed by atoms with E-state index in [9.17, 15) is 9.59 Å². The molecule has 0 spiro atoms. The monoisotopic (exact) mass is 491 g/mol. The van der Waals surface area contributed by atoms with Crippen LogP contribution in [-0.4, -0.2) is 15.7 Å². The van der Waals surface area contributed by atoms with Crippen molar-refractivity contribution in [3.8, 4) is 22.4 Å². The molecule has 1 aliphatic carbocycles. The zero-order valence-electron chi connectivity index (χ0n) is 21.5. The predicted molar refractivity (Wildman–Crippen MR) is 149 cm³/mol. The van der Waals surface area contributed by atoms with Gasteiger partial charge in [-0.2, -0.15) is 5.10 Å². The topological polar surface area (TPSA) is 64.0 Å². The Balaban J connectivity index is 1.63. The van der Waals surface area contributed by atoms with E-state index in [0.29, 0.717) is 17.8 Å². The first-order chi connectivity index (χ1) is 18.1. The number of amides is 1. The summed E-state index contributed by atoms with van der Waals surface area (Å²) in [6, 6.07) is 25.7. The maximum atomic E-state index is 14.0. The van der Waals surface area contributed by atoms with Gasteiger partial charge in [0.15, 0.2) is 0 Å². The number of benzene rings is 3. The van der Waals surface area contributed by atoms with Crippen LogP contribution in [0.4, 0.5) is 0 Å². The van der Waals surface area contributed by atoms with Gasteiger partial charge in [0.1, 0.15) is 5.56 Å². The van der Waals surface area contributed by atoms with Crippen molar-refractivity contribution in [1.82, 2.24) is 15.1 Å². The average Bonchev–Trinajstić information content (AvgIpc) is 2.96. The molecule has 0 saturated heterocycles. The molecule has 1 atom stereocenters. The summed E-state index contributed by atoms with van der Waals surface area (Å²) in [4.78, 5) is 27.6. The predicted octanol–water partition coefficient (Wildman–Crippen LogP) is 6.36. The van der Waals surface area contributed by atoms with E-state index in [2.05, 4.69) is 30.4 Å². The van der Waals surface area contributed by atoms with Crippen molar-refractivity contribution in [3.05, 3.63) is 111 Å². The summed E-state index contributed by atoms with van der Waals surface area (Å²) in [5.41, 5.74) is 6.49. The molecule has 188 valence electrons. The minimum atomic E-state index is -0.376. The lowest BCUT2D eigenvalue weighted by Crippen LogP contribution is -2.37. The van der Waals surface area contributed by atoms with E-state index in [1.807, 2.05) is 67.6 Å². The zero-order valence-corrected chi connectivity index (χ0v) is 21.5. The normalized spacial score (nSPS) is 13.6. The SMILES string of the molecule is CCC(NC(=O)c1c(-c2ccccc2)c(-c2ccccc2)nn(CC)c1=O)c1ccc2c(c1)CCCC2. The van der Waals surface area contributed by atoms with Crippen LogP contribution in [0.25, 0.3) is 22.4 Å². The van der Waals surface area contributed by atoms with Gasteiger partial charge in [0.05, 0.1) is 11.7 Å². The molecule has 0 fully saturated rings. The van der Waals surface area contributed by atoms with Gasteiger partial charge in [0.2, 0.25) is 0 Å². The van der Waals surface area contributed by atoms with Gasteiger partial charge in [-0.25, -0.2) is 4.68 Å². The van der Waals surface area contributed by atoms with Gasteiger partial charge in [-0.1, -0.05) is 85.8 Å². The largest absolute Gasteiger partial charge is 0.345 e. The molecule has 5 nitrogen and oxygen atoms in total. The van der Waals surface area contributed by atoms with Crippen molar-refractivity contribution in [2.45, 2.75) is 58.5 Å². The Morgan fingerprint density at radius 2 is 1.54 bits per heavy atom. The molecule has 1 N–H and O–H groups in total. The average molecular weight is 492 g/mol. The van der Waals surface area contributed by atoms with Gasteiger partial charge in [-0.3, -0.25) is 9.59 Å². The fourth-order valence-corrected chi connectivity index (χ4v) is 5.30. The number of rotatable bonds is 7. The fourth-order valence-electron chi connectivity index (χ4n) is 5.30. The summed E-state index contributed by atoms with van der Waals surface area (Å²) >= 11 is 0. The molecule has 0 radical (unpaired) electrons. The standard InChI is InChI=1S/C32H33N3O2/c1-3-27(26-20-19-22-13-11-12-18-25(22)21-26)33-31(36)29-28(23-14-7-5-8-15-23)30(24-16-9-6-10-17-24)34-35(4-2)32(29)37/h5-10,14-17,19-21,27H,3-4,11-13,18H2,1-2H3,(H,33,36). The first-order valence-electron chi connectivity index (χ1n) is 13.3. The Bertz CT molecular complexity index is 1460. The number of nitrogens with zero attached hydrogens (tertiary/aromatic N) is 2. The molecule has 5 rings (SSSR count). The van der Waals surface area contributed by atoms with Crippen molar-refractivity contribution in [2.24, 2.45) is 0 Å². The highest BCUT2D eigenvalue weighted by molar-refractivity contribution is 6.03. The van der Waals surface area contributed by atoms with Gasteiger partial charge >= 0.3 is 0 Å². The third-order valence-electron chi connectivity index (χ3n) is 7.28. The Morgan fingerprint density at radius 3 is 2.19 bits per heavy atom. The van der Waals surface area contributed by atoms with E-state index < -0.39 is 0 Å². The lowest BCUT2D eigenvalue weighted by atomic mass is 9.88. The van der Waals surface area contributed by atoms with Crippen LogP contribution in [0.5, 0.6) is 0 Å². The van der Waals surface area contributed by atoms with E-state index in [1.54, 1.807) is 0 Å². The number of carbonyl (C=O) groups is 1. The lowest BCUT2D eigenvalue weighted by Gasteiger charge is -2.23. The number of carbonyl (C=O) groups excluding carboxylic acids is 1. The second kappa shape index (κ2) is 11.0. The second-order valence-corrected chi connectivity index (χ2v) is 9.62. The van der Waals surface area contributed by atoms with Gasteiger partial charge < -0.3 is 5.32 Å². The minimum absolute atomic E-state index is 0.137. The third kappa shape index (κ3) is 4.99. The van der Waals surface area contributed by atoms with Crippen LogP contribution < -0.4 is 10.9 Å². The van der Waals surface area contributed by atoms with E-state index in [-0.39, 0.29) is 23.1 Å². The molecule has 5 heteroatoms. The molecule has 1 aliphatic rings. The molecule has 0 saturated carbocycles. The maximum absolute atomic E-state index is 14.0. The van der Waals surface area contributed by atoms with E-state index in [0.717, 1.165) is 36.0 Å². The van der Waals surface area contributed by atoms with Crippen LogP contribution in [0.1, 0.15) is 66.2 Å². The van der Waals surface area contributed by atoms with E-state index in [1.165, 1.54) is 28.7 Å². The van der Waals surface area contributed by atoms with E-state index in [4.69, 9.17) is 5.10 Å². The van der Waals surface area contributed by atoms with Crippen LogP contribution in [0.3, 0.4) is 0 Å². The fraction of sp³-hybridized carbons (Fsp3) is 0.281. The number of hydrogen-bond acceptors (Lipinski definition) is 3. The first-order valence-corrected chi connectivity index (χ1v) is 13.3. The Morgan fingerprint density at radius 1 is 0.892 bits per heavy atom. The smallest absolute Gasteiger partial charge is 0.280 e. The quantitative estimate of drug-likeness (QED) is 0.327. The molecule has 37 heavy (non-hydrogen) atoms. The Hall–Kier alpha value is -3.99. The minimum Gasteiger partial charge on any atom is -0.345 e. The number of nitrogens with one attached hydrogen (secondary N) is 1. The van der Waals surface area contributed by atoms with Crippen LogP contribution in [-0.2, 0) is 19.4 Å². The van der Waals surface area contributed by atoms with E-state index >= 15 is 0 Å². The van der Waals surface area contributed by atoms with Crippen LogP contribution in [0, 0.1) is 0 Å². The molecule has 1 heterocycles. The van der Waals surface area contributed by atoms with Crippen molar-refractivity contribution in [2.75, 3.05) is 0 Å². The summed E-state index contributed by atoms with van der Waals surface area (Å²) < 4.78 is 1.39. The van der Waals surface area contributed by atoms with Crippen LogP contribution in [0.15, 0.2) is 83.7 Å². The van der Waals surface area contributed by atoms with Gasteiger partial charge in [-0.15, -0.1) is 0 Å². The Labute approximate surface area is 218 Å². The molecule has 4 aromatic rings. The zero-order chi connectivity index (χ0) is 25.8. The van der Waals surface area contributed by atoms with Crippen molar-refractivity contribution in [1.29, 1.82) is 0 Å². The molecule has 0 aliphatic heterocycles. The molecular formula is C32H33N3O2. The van der Waals surface area contributed by atoms with Gasteiger partial charge in [0, 0.05) is 17.7 Å². The second-order valence-electron chi connectivity index (χ2n) is 9.62. The maximum Gasteiger partial charge on any atom is 0.280 e. The molecule has 1 amide bonds. The first kappa shape index (κ1) is 24.7. The molecular weight excluding hydrogens is 458 g/mol. The number of aryl methyl sites for hydroxylation is 3. The van der Waals surface area contributed by atoms with Gasteiger partial charge in [-0.05, 0) is 61.3 Å². The molecule has 1 aromatic heterocycles. The Kier molecular flexibility index (Phi) is 7.31. The highest BCUT2D eigenvalue weighted by Gasteiger charge is 2.26. The van der Waals surface area contributed by atoms with Crippen molar-refractivity contribution >= 4 is 5.91 Å². The summed E-state index contributed by atoms with van der Waals surface area (Å²) in [7, 11) is 0. The highest BCUT2D eigenvalue weighted by Crippen LogP contribution is 2.33. The molecule has 1 unspecified atom stereocenters. The van der Waals surface area contributed by atoms with Crippen LogP contribution >= 0.6 is 0 Å². The lowest BCUT2D eigenvalue weighted by molar-refractivity contribution is 0.0933. The summed E-state index contributed by atoms with van der Waals surface area (Å²) in [5.74, 6) is -0.366.